The van der Waals surface area contributed by atoms with Crippen molar-refractivity contribution in [3.63, 3.8) is 0 Å². The van der Waals surface area contributed by atoms with E-state index in [9.17, 15) is 18.0 Å². The van der Waals surface area contributed by atoms with Gasteiger partial charge in [0, 0.05) is 7.05 Å². The van der Waals surface area contributed by atoms with Crippen LogP contribution in [0.3, 0.4) is 0 Å². The lowest BCUT2D eigenvalue weighted by molar-refractivity contribution is 0.0953. The summed E-state index contributed by atoms with van der Waals surface area (Å²) in [5.74, 6) is -4.72. The molecule has 0 atom stereocenters. The number of hydrogen-bond acceptors (Lipinski definition) is 1. The summed E-state index contributed by atoms with van der Waals surface area (Å²) in [7, 11) is 1.21. The van der Waals surface area contributed by atoms with E-state index < -0.39 is 28.9 Å². The summed E-state index contributed by atoms with van der Waals surface area (Å²) < 4.78 is 39.1. The van der Waals surface area contributed by atoms with E-state index in [0.717, 1.165) is 6.07 Å². The number of aryl methyl sites for hydroxylation is 1. The molecule has 76 valence electrons. The topological polar surface area (TPSA) is 29.1 Å². The Morgan fingerprint density at radius 2 is 1.86 bits per heavy atom. The van der Waals surface area contributed by atoms with Gasteiger partial charge in [-0.2, -0.15) is 0 Å². The first-order chi connectivity index (χ1) is 6.49. The van der Waals surface area contributed by atoms with Crippen LogP contribution < -0.4 is 5.32 Å². The van der Waals surface area contributed by atoms with E-state index in [-0.39, 0.29) is 5.56 Å². The predicted octanol–water partition coefficient (Wildman–Crippen LogP) is 1.77. The number of rotatable bonds is 1. The number of hydrogen-bond donors (Lipinski definition) is 1. The van der Waals surface area contributed by atoms with Crippen LogP contribution in [0.4, 0.5) is 13.2 Å². The zero-order valence-electron chi connectivity index (χ0n) is 7.62. The zero-order chi connectivity index (χ0) is 10.9. The number of benzene rings is 1. The number of carbonyl (C=O) groups is 1. The molecule has 0 heterocycles. The van der Waals surface area contributed by atoms with E-state index in [1.165, 1.54) is 14.0 Å². The third-order valence-corrected chi connectivity index (χ3v) is 1.79. The summed E-state index contributed by atoms with van der Waals surface area (Å²) in [6.07, 6.45) is 0. The van der Waals surface area contributed by atoms with Crippen molar-refractivity contribution in [1.82, 2.24) is 5.32 Å². The Kier molecular flexibility index (Phi) is 2.78. The van der Waals surface area contributed by atoms with Crippen LogP contribution in [0.2, 0.25) is 0 Å². The Hall–Kier alpha value is -1.52. The van der Waals surface area contributed by atoms with E-state index in [2.05, 4.69) is 0 Å². The molecule has 1 aromatic carbocycles. The molecule has 5 heteroatoms. The van der Waals surface area contributed by atoms with E-state index in [1.54, 1.807) is 0 Å². The van der Waals surface area contributed by atoms with Gasteiger partial charge in [-0.1, -0.05) is 0 Å². The molecule has 0 aromatic heterocycles. The van der Waals surface area contributed by atoms with Crippen molar-refractivity contribution in [3.05, 3.63) is 34.6 Å². The Morgan fingerprint density at radius 1 is 1.29 bits per heavy atom. The Labute approximate surface area is 78.7 Å². The molecule has 0 spiro atoms. The highest BCUT2D eigenvalue weighted by molar-refractivity contribution is 5.94. The largest absolute Gasteiger partial charge is 0.355 e. The van der Waals surface area contributed by atoms with Crippen LogP contribution >= 0.6 is 0 Å². The van der Waals surface area contributed by atoms with Gasteiger partial charge in [-0.15, -0.1) is 0 Å². The van der Waals surface area contributed by atoms with Gasteiger partial charge in [0.2, 0.25) is 0 Å². The number of carbonyl (C=O) groups excluding carboxylic acids is 1. The molecule has 14 heavy (non-hydrogen) atoms. The second-order valence-corrected chi connectivity index (χ2v) is 2.76. The van der Waals surface area contributed by atoms with E-state index in [1.807, 2.05) is 5.32 Å². The van der Waals surface area contributed by atoms with Crippen molar-refractivity contribution in [2.24, 2.45) is 0 Å². The maximum absolute atomic E-state index is 13.1. The van der Waals surface area contributed by atoms with Crippen molar-refractivity contribution >= 4 is 5.91 Å². The SMILES string of the molecule is CNC(=O)c1c(F)cc(C)c(F)c1F. The molecule has 0 radical (unpaired) electrons. The molecule has 0 aliphatic rings. The first kappa shape index (κ1) is 10.6. The Morgan fingerprint density at radius 3 is 2.36 bits per heavy atom. The Balaban J connectivity index is 3.44. The normalized spacial score (nSPS) is 10.1. The zero-order valence-corrected chi connectivity index (χ0v) is 7.62. The molecule has 0 aliphatic heterocycles. The monoisotopic (exact) mass is 203 g/mol. The summed E-state index contributed by atoms with van der Waals surface area (Å²) in [5, 5.41) is 2.02. The highest BCUT2D eigenvalue weighted by Gasteiger charge is 2.21. The van der Waals surface area contributed by atoms with Crippen LogP contribution in [-0.4, -0.2) is 13.0 Å². The van der Waals surface area contributed by atoms with Gasteiger partial charge >= 0.3 is 0 Å². The summed E-state index contributed by atoms with van der Waals surface area (Å²) in [6, 6.07) is 0.781. The van der Waals surface area contributed by atoms with Crippen molar-refractivity contribution in [3.8, 4) is 0 Å². The maximum Gasteiger partial charge on any atom is 0.257 e. The quantitative estimate of drug-likeness (QED) is 0.692. The smallest absolute Gasteiger partial charge is 0.257 e. The average molecular weight is 203 g/mol. The third-order valence-electron chi connectivity index (χ3n) is 1.79. The standard InChI is InChI=1S/C9H8F3NO/c1-4-3-5(10)6(9(14)13-2)8(12)7(4)11/h3H,1-2H3,(H,13,14). The Bertz CT molecular complexity index is 390. The van der Waals surface area contributed by atoms with Gasteiger partial charge < -0.3 is 5.32 Å². The number of halogens is 3. The van der Waals surface area contributed by atoms with E-state index >= 15 is 0 Å². The molecule has 0 aliphatic carbocycles. The molecule has 0 unspecified atom stereocenters. The van der Waals surface area contributed by atoms with Crippen molar-refractivity contribution in [2.45, 2.75) is 6.92 Å². The van der Waals surface area contributed by atoms with Crippen LogP contribution in [0.15, 0.2) is 6.07 Å². The van der Waals surface area contributed by atoms with Crippen molar-refractivity contribution in [2.75, 3.05) is 7.05 Å². The fourth-order valence-electron chi connectivity index (χ4n) is 1.05. The molecule has 1 amide bonds. The minimum Gasteiger partial charge on any atom is -0.355 e. The predicted molar refractivity (Wildman–Crippen MR) is 44.4 cm³/mol. The second kappa shape index (κ2) is 3.69. The molecule has 0 fully saturated rings. The lowest BCUT2D eigenvalue weighted by atomic mass is 10.1. The van der Waals surface area contributed by atoms with Crippen LogP contribution in [-0.2, 0) is 0 Å². The molecule has 1 rings (SSSR count). The molecule has 1 aromatic rings. The average Bonchev–Trinajstić information content (AvgIpc) is 2.14. The fourth-order valence-corrected chi connectivity index (χ4v) is 1.05. The molecule has 0 saturated carbocycles. The van der Waals surface area contributed by atoms with Gasteiger partial charge in [0.15, 0.2) is 11.6 Å². The third kappa shape index (κ3) is 1.57. The summed E-state index contributed by atoms with van der Waals surface area (Å²) in [6.45, 7) is 1.22. The van der Waals surface area contributed by atoms with Crippen molar-refractivity contribution in [1.29, 1.82) is 0 Å². The van der Waals surface area contributed by atoms with Gasteiger partial charge in [0.05, 0.1) is 0 Å². The first-order valence-electron chi connectivity index (χ1n) is 3.85. The van der Waals surface area contributed by atoms with Gasteiger partial charge in [0.25, 0.3) is 5.91 Å². The van der Waals surface area contributed by atoms with Crippen LogP contribution in [0.1, 0.15) is 15.9 Å². The summed E-state index contributed by atoms with van der Waals surface area (Å²) in [4.78, 5) is 11.0. The van der Waals surface area contributed by atoms with Crippen LogP contribution in [0, 0.1) is 24.4 Å². The minimum absolute atomic E-state index is 0.173. The molecular weight excluding hydrogens is 195 g/mol. The van der Waals surface area contributed by atoms with Crippen molar-refractivity contribution < 1.29 is 18.0 Å². The molecule has 0 saturated heterocycles. The lowest BCUT2D eigenvalue weighted by Gasteiger charge is -2.05. The molecule has 1 N–H and O–H groups in total. The number of amides is 1. The van der Waals surface area contributed by atoms with Crippen LogP contribution in [0.25, 0.3) is 0 Å². The minimum atomic E-state index is -1.46. The van der Waals surface area contributed by atoms with Gasteiger partial charge in [-0.25, -0.2) is 13.2 Å². The maximum atomic E-state index is 13.1. The molecule has 0 bridgehead atoms. The van der Waals surface area contributed by atoms with Gasteiger partial charge in [0.1, 0.15) is 11.4 Å². The highest BCUT2D eigenvalue weighted by Crippen LogP contribution is 2.19. The molecule has 2 nitrogen and oxygen atoms in total. The first-order valence-corrected chi connectivity index (χ1v) is 3.85. The molecular formula is C9H8F3NO. The van der Waals surface area contributed by atoms with E-state index in [4.69, 9.17) is 0 Å². The highest BCUT2D eigenvalue weighted by atomic mass is 19.2. The fraction of sp³-hybridized carbons (Fsp3) is 0.222. The number of nitrogens with one attached hydrogen (secondary N) is 1. The lowest BCUT2D eigenvalue weighted by Crippen LogP contribution is -2.22. The summed E-state index contributed by atoms with van der Waals surface area (Å²) >= 11 is 0. The van der Waals surface area contributed by atoms with E-state index in [0.29, 0.717) is 0 Å². The second-order valence-electron chi connectivity index (χ2n) is 2.76. The van der Waals surface area contributed by atoms with Gasteiger partial charge in [-0.3, -0.25) is 4.79 Å². The van der Waals surface area contributed by atoms with Crippen LogP contribution in [0.5, 0.6) is 0 Å². The van der Waals surface area contributed by atoms with Gasteiger partial charge in [-0.05, 0) is 18.6 Å². The summed E-state index contributed by atoms with van der Waals surface area (Å²) in [5.41, 5.74) is -1.07.